The van der Waals surface area contributed by atoms with E-state index >= 15 is 0 Å². The Labute approximate surface area is 96.4 Å². The smallest absolute Gasteiger partial charge is 0.119 e. The van der Waals surface area contributed by atoms with Crippen LogP contribution in [0, 0.1) is 6.92 Å². The Morgan fingerprint density at radius 2 is 2.20 bits per heavy atom. The molecule has 0 aliphatic carbocycles. The number of aryl methyl sites for hydroxylation is 2. The van der Waals surface area contributed by atoms with Gasteiger partial charge in [-0.1, -0.05) is 18.3 Å². The van der Waals surface area contributed by atoms with Crippen LogP contribution in [0.4, 0.5) is 0 Å². The maximum absolute atomic E-state index is 5.47. The molecule has 0 heterocycles. The van der Waals surface area contributed by atoms with Crippen LogP contribution in [-0.4, -0.2) is 11.6 Å². The monoisotopic (exact) mass is 223 g/mol. The summed E-state index contributed by atoms with van der Waals surface area (Å²) in [6.45, 7) is 4.76. The fourth-order valence-electron chi connectivity index (χ4n) is 1.46. The lowest BCUT2D eigenvalue weighted by atomic mass is 10.0. The third-order valence-electron chi connectivity index (χ3n) is 2.27. The molecular formula is C12H17NOS. The SMILES string of the molecule is CCOc1ccc(CCC(N)=S)c(C)c1. The summed E-state index contributed by atoms with van der Waals surface area (Å²) in [5.41, 5.74) is 7.99. The van der Waals surface area contributed by atoms with Crippen LogP contribution in [0.15, 0.2) is 18.2 Å². The Hall–Kier alpha value is -1.09. The summed E-state index contributed by atoms with van der Waals surface area (Å²) in [6, 6.07) is 6.13. The molecule has 15 heavy (non-hydrogen) atoms. The Morgan fingerprint density at radius 3 is 2.73 bits per heavy atom. The zero-order chi connectivity index (χ0) is 11.3. The molecule has 82 valence electrons. The summed E-state index contributed by atoms with van der Waals surface area (Å²) < 4.78 is 5.42. The minimum atomic E-state index is 0.572. The summed E-state index contributed by atoms with van der Waals surface area (Å²) in [7, 11) is 0. The summed E-state index contributed by atoms with van der Waals surface area (Å²) >= 11 is 4.86. The molecule has 1 rings (SSSR count). The van der Waals surface area contributed by atoms with E-state index < -0.39 is 0 Å². The second-order valence-corrected chi connectivity index (χ2v) is 4.01. The molecule has 2 nitrogen and oxygen atoms in total. The van der Waals surface area contributed by atoms with Gasteiger partial charge in [0.05, 0.1) is 11.6 Å². The Balaban J connectivity index is 2.70. The van der Waals surface area contributed by atoms with Crippen molar-refractivity contribution >= 4 is 17.2 Å². The normalized spacial score (nSPS) is 10.0. The van der Waals surface area contributed by atoms with Crippen LogP contribution < -0.4 is 10.5 Å². The van der Waals surface area contributed by atoms with Gasteiger partial charge in [0.1, 0.15) is 5.75 Å². The second-order valence-electron chi connectivity index (χ2n) is 3.49. The van der Waals surface area contributed by atoms with E-state index in [9.17, 15) is 0 Å². The van der Waals surface area contributed by atoms with Crippen molar-refractivity contribution in [2.75, 3.05) is 6.61 Å². The van der Waals surface area contributed by atoms with Gasteiger partial charge in [-0.25, -0.2) is 0 Å². The van der Waals surface area contributed by atoms with Crippen molar-refractivity contribution in [3.8, 4) is 5.75 Å². The van der Waals surface area contributed by atoms with Crippen molar-refractivity contribution < 1.29 is 4.74 Å². The molecule has 0 aliphatic rings. The van der Waals surface area contributed by atoms with Gasteiger partial charge in [0.15, 0.2) is 0 Å². The minimum Gasteiger partial charge on any atom is -0.494 e. The maximum atomic E-state index is 5.47. The summed E-state index contributed by atoms with van der Waals surface area (Å²) in [6.07, 6.45) is 1.68. The van der Waals surface area contributed by atoms with Gasteiger partial charge in [-0.15, -0.1) is 0 Å². The third kappa shape index (κ3) is 3.88. The average molecular weight is 223 g/mol. The highest BCUT2D eigenvalue weighted by Gasteiger charge is 2.01. The van der Waals surface area contributed by atoms with Crippen LogP contribution in [-0.2, 0) is 6.42 Å². The maximum Gasteiger partial charge on any atom is 0.119 e. The topological polar surface area (TPSA) is 35.2 Å². The zero-order valence-electron chi connectivity index (χ0n) is 9.25. The molecule has 0 aromatic heterocycles. The molecule has 0 aliphatic heterocycles. The van der Waals surface area contributed by atoms with Crippen LogP contribution in [0.5, 0.6) is 5.75 Å². The van der Waals surface area contributed by atoms with Gasteiger partial charge < -0.3 is 10.5 Å². The predicted octanol–water partition coefficient (Wildman–Crippen LogP) is 2.61. The second kappa shape index (κ2) is 5.71. The molecule has 1 aromatic rings. The highest BCUT2D eigenvalue weighted by atomic mass is 32.1. The molecule has 1 aromatic carbocycles. The van der Waals surface area contributed by atoms with E-state index in [-0.39, 0.29) is 0 Å². The van der Waals surface area contributed by atoms with Gasteiger partial charge in [-0.05, 0) is 43.5 Å². The molecule has 0 unspecified atom stereocenters. The number of hydrogen-bond donors (Lipinski definition) is 1. The highest BCUT2D eigenvalue weighted by Crippen LogP contribution is 2.18. The van der Waals surface area contributed by atoms with Crippen LogP contribution in [0.25, 0.3) is 0 Å². The van der Waals surface area contributed by atoms with Crippen molar-refractivity contribution in [3.63, 3.8) is 0 Å². The lowest BCUT2D eigenvalue weighted by molar-refractivity contribution is 0.340. The molecule has 2 N–H and O–H groups in total. The molecule has 0 fully saturated rings. The fourth-order valence-corrected chi connectivity index (χ4v) is 1.57. The number of rotatable bonds is 5. The van der Waals surface area contributed by atoms with Crippen molar-refractivity contribution in [1.82, 2.24) is 0 Å². The van der Waals surface area contributed by atoms with Crippen LogP contribution >= 0.6 is 12.2 Å². The first-order chi connectivity index (χ1) is 7.13. The van der Waals surface area contributed by atoms with Crippen molar-refractivity contribution in [3.05, 3.63) is 29.3 Å². The van der Waals surface area contributed by atoms with E-state index in [2.05, 4.69) is 19.1 Å². The molecule has 0 bridgehead atoms. The standard InChI is InChI=1S/C12H17NOS/c1-3-14-11-6-4-10(9(2)8-11)5-7-12(13)15/h4,6,8H,3,5,7H2,1-2H3,(H2,13,15). The number of benzene rings is 1. The van der Waals surface area contributed by atoms with Gasteiger partial charge >= 0.3 is 0 Å². The van der Waals surface area contributed by atoms with Gasteiger partial charge in [-0.3, -0.25) is 0 Å². The first-order valence-corrected chi connectivity index (χ1v) is 5.55. The van der Waals surface area contributed by atoms with Gasteiger partial charge in [0.25, 0.3) is 0 Å². The van der Waals surface area contributed by atoms with Gasteiger partial charge in [0.2, 0.25) is 0 Å². The predicted molar refractivity (Wildman–Crippen MR) is 67.5 cm³/mol. The third-order valence-corrected chi connectivity index (χ3v) is 2.47. The van der Waals surface area contributed by atoms with Crippen LogP contribution in [0.1, 0.15) is 24.5 Å². The van der Waals surface area contributed by atoms with E-state index in [1.807, 2.05) is 13.0 Å². The van der Waals surface area contributed by atoms with Crippen molar-refractivity contribution in [2.24, 2.45) is 5.73 Å². The fraction of sp³-hybridized carbons (Fsp3) is 0.417. The molecule has 0 amide bonds. The molecule has 0 spiro atoms. The van der Waals surface area contributed by atoms with E-state index in [4.69, 9.17) is 22.7 Å². The van der Waals surface area contributed by atoms with Gasteiger partial charge in [0, 0.05) is 6.42 Å². The lowest BCUT2D eigenvalue weighted by Gasteiger charge is -2.08. The molecule has 0 saturated heterocycles. The summed E-state index contributed by atoms with van der Waals surface area (Å²) in [4.78, 5) is 0.572. The number of ether oxygens (including phenoxy) is 1. The Bertz CT molecular complexity index is 349. The molecule has 0 radical (unpaired) electrons. The van der Waals surface area contributed by atoms with Crippen molar-refractivity contribution in [1.29, 1.82) is 0 Å². The number of hydrogen-bond acceptors (Lipinski definition) is 2. The average Bonchev–Trinajstić information content (AvgIpc) is 2.17. The first kappa shape index (κ1) is 12.0. The van der Waals surface area contributed by atoms with Gasteiger partial charge in [-0.2, -0.15) is 0 Å². The summed E-state index contributed by atoms with van der Waals surface area (Å²) in [5.74, 6) is 0.925. The van der Waals surface area contributed by atoms with Crippen LogP contribution in [0.2, 0.25) is 0 Å². The summed E-state index contributed by atoms with van der Waals surface area (Å²) in [5, 5.41) is 0. The quantitative estimate of drug-likeness (QED) is 0.779. The number of thiocarbonyl (C=S) groups is 1. The molecule has 0 saturated carbocycles. The highest BCUT2D eigenvalue weighted by molar-refractivity contribution is 7.80. The Kier molecular flexibility index (Phi) is 4.56. The minimum absolute atomic E-state index is 0.572. The van der Waals surface area contributed by atoms with Crippen molar-refractivity contribution in [2.45, 2.75) is 26.7 Å². The largest absolute Gasteiger partial charge is 0.494 e. The van der Waals surface area contributed by atoms with E-state index in [1.165, 1.54) is 11.1 Å². The van der Waals surface area contributed by atoms with E-state index in [1.54, 1.807) is 0 Å². The first-order valence-electron chi connectivity index (χ1n) is 5.14. The lowest BCUT2D eigenvalue weighted by Crippen LogP contribution is -2.09. The molecule has 0 atom stereocenters. The zero-order valence-corrected chi connectivity index (χ0v) is 10.1. The molecule has 3 heteroatoms. The number of nitrogens with two attached hydrogens (primary N) is 1. The Morgan fingerprint density at radius 1 is 1.47 bits per heavy atom. The van der Waals surface area contributed by atoms with E-state index in [0.717, 1.165) is 18.6 Å². The molecular weight excluding hydrogens is 206 g/mol. The van der Waals surface area contributed by atoms with E-state index in [0.29, 0.717) is 11.6 Å². The van der Waals surface area contributed by atoms with Crippen LogP contribution in [0.3, 0.4) is 0 Å².